The molecule has 0 aliphatic heterocycles. The molecule has 0 spiro atoms. The van der Waals surface area contributed by atoms with Gasteiger partial charge >= 0.3 is 0 Å². The molecule has 1 heterocycles. The first kappa shape index (κ1) is 14.2. The minimum absolute atomic E-state index is 0.0635. The van der Waals surface area contributed by atoms with Crippen molar-refractivity contribution >= 4 is 38.9 Å². The van der Waals surface area contributed by atoms with Crippen LogP contribution in [-0.4, -0.2) is 17.4 Å². The van der Waals surface area contributed by atoms with Crippen molar-refractivity contribution in [1.82, 2.24) is 10.3 Å². The van der Waals surface area contributed by atoms with Crippen molar-refractivity contribution in [2.45, 2.75) is 13.5 Å². The molecular formula is C13H14BrN3OS. The molecule has 0 bridgehead atoms. The van der Waals surface area contributed by atoms with Crippen LogP contribution in [0.3, 0.4) is 0 Å². The van der Waals surface area contributed by atoms with E-state index in [1.165, 1.54) is 0 Å². The third-order valence-electron chi connectivity index (χ3n) is 2.34. The average molecular weight is 340 g/mol. The molecule has 1 amide bonds. The number of anilines is 1. The van der Waals surface area contributed by atoms with Gasteiger partial charge in [0.15, 0.2) is 0 Å². The largest absolute Gasteiger partial charge is 0.325 e. The monoisotopic (exact) mass is 339 g/mol. The number of nitrogens with one attached hydrogen (secondary N) is 2. The number of aromatic nitrogens is 1. The summed E-state index contributed by atoms with van der Waals surface area (Å²) in [4.78, 5) is 16.0. The van der Waals surface area contributed by atoms with Crippen molar-refractivity contribution in [3.8, 4) is 0 Å². The van der Waals surface area contributed by atoms with Crippen molar-refractivity contribution in [2.75, 3.05) is 11.9 Å². The second-order valence-corrected chi connectivity index (χ2v) is 5.90. The molecule has 0 saturated carbocycles. The second-order valence-electron chi connectivity index (χ2n) is 4.04. The van der Waals surface area contributed by atoms with Crippen LogP contribution in [-0.2, 0) is 11.3 Å². The number of carbonyl (C=O) groups excluding carboxylic acids is 1. The van der Waals surface area contributed by atoms with E-state index in [1.54, 1.807) is 11.3 Å². The molecular weight excluding hydrogens is 326 g/mol. The Hall–Kier alpha value is -1.24. The van der Waals surface area contributed by atoms with Crippen molar-refractivity contribution in [1.29, 1.82) is 0 Å². The number of hydrogen-bond donors (Lipinski definition) is 2. The van der Waals surface area contributed by atoms with Crippen LogP contribution in [0.5, 0.6) is 0 Å². The molecule has 1 aromatic heterocycles. The predicted molar refractivity (Wildman–Crippen MR) is 81.3 cm³/mol. The summed E-state index contributed by atoms with van der Waals surface area (Å²) < 4.78 is 0.941. The molecule has 0 aliphatic rings. The van der Waals surface area contributed by atoms with Crippen LogP contribution < -0.4 is 10.6 Å². The standard InChI is InChI=1S/C13H14BrN3OS/c1-9-8-19-13(16-9)7-15-6-12(18)17-11-4-2-3-10(14)5-11/h2-5,8,15H,6-7H2,1H3,(H,17,18). The van der Waals surface area contributed by atoms with E-state index < -0.39 is 0 Å². The van der Waals surface area contributed by atoms with Gasteiger partial charge < -0.3 is 10.6 Å². The number of thiazole rings is 1. The van der Waals surface area contributed by atoms with E-state index in [4.69, 9.17) is 0 Å². The predicted octanol–water partition coefficient (Wildman–Crippen LogP) is 2.94. The number of carbonyl (C=O) groups is 1. The van der Waals surface area contributed by atoms with Gasteiger partial charge in [0.1, 0.15) is 5.01 Å². The highest BCUT2D eigenvalue weighted by atomic mass is 79.9. The van der Waals surface area contributed by atoms with E-state index in [1.807, 2.05) is 36.6 Å². The Balaban J connectivity index is 1.76. The molecule has 2 N–H and O–H groups in total. The number of halogens is 1. The van der Waals surface area contributed by atoms with Crippen molar-refractivity contribution in [2.24, 2.45) is 0 Å². The summed E-state index contributed by atoms with van der Waals surface area (Å²) in [6.45, 7) is 2.84. The molecule has 2 aromatic rings. The molecule has 0 unspecified atom stereocenters. The maximum absolute atomic E-state index is 11.7. The number of rotatable bonds is 5. The molecule has 4 nitrogen and oxygen atoms in total. The van der Waals surface area contributed by atoms with Gasteiger partial charge in [0.2, 0.25) is 5.91 Å². The topological polar surface area (TPSA) is 54.0 Å². The second kappa shape index (κ2) is 6.79. The molecule has 1 aromatic carbocycles. The molecule has 0 fully saturated rings. The van der Waals surface area contributed by atoms with E-state index in [0.717, 1.165) is 20.9 Å². The lowest BCUT2D eigenvalue weighted by Crippen LogP contribution is -2.27. The highest BCUT2D eigenvalue weighted by Crippen LogP contribution is 2.15. The molecule has 19 heavy (non-hydrogen) atoms. The van der Waals surface area contributed by atoms with Crippen LogP contribution in [0.1, 0.15) is 10.7 Å². The molecule has 0 saturated heterocycles. The summed E-state index contributed by atoms with van der Waals surface area (Å²) >= 11 is 4.96. The smallest absolute Gasteiger partial charge is 0.238 e. The highest BCUT2D eigenvalue weighted by Gasteiger charge is 2.03. The Morgan fingerprint density at radius 2 is 2.32 bits per heavy atom. The molecule has 100 valence electrons. The van der Waals surface area contributed by atoms with E-state index in [9.17, 15) is 4.79 Å². The zero-order valence-corrected chi connectivity index (χ0v) is 12.8. The lowest BCUT2D eigenvalue weighted by molar-refractivity contribution is -0.115. The summed E-state index contributed by atoms with van der Waals surface area (Å²) in [5.41, 5.74) is 1.80. The normalized spacial score (nSPS) is 10.4. The zero-order chi connectivity index (χ0) is 13.7. The number of amides is 1. The summed E-state index contributed by atoms with van der Waals surface area (Å²) in [5, 5.41) is 8.89. The first-order valence-corrected chi connectivity index (χ1v) is 7.48. The maximum atomic E-state index is 11.7. The summed E-state index contributed by atoms with van der Waals surface area (Å²) in [6, 6.07) is 7.51. The quantitative estimate of drug-likeness (QED) is 0.880. The maximum Gasteiger partial charge on any atom is 0.238 e. The van der Waals surface area contributed by atoms with Gasteiger partial charge in [-0.1, -0.05) is 22.0 Å². The Kier molecular flexibility index (Phi) is 5.07. The SMILES string of the molecule is Cc1csc(CNCC(=O)Nc2cccc(Br)c2)n1. The Morgan fingerprint density at radius 3 is 3.00 bits per heavy atom. The zero-order valence-electron chi connectivity index (χ0n) is 10.4. The van der Waals surface area contributed by atoms with Gasteiger partial charge in [-0.2, -0.15) is 0 Å². The fourth-order valence-corrected chi connectivity index (χ4v) is 2.68. The van der Waals surface area contributed by atoms with Crippen LogP contribution in [0.25, 0.3) is 0 Å². The fraction of sp³-hybridized carbons (Fsp3) is 0.231. The van der Waals surface area contributed by atoms with Gasteiger partial charge in [0, 0.05) is 27.8 Å². The van der Waals surface area contributed by atoms with Gasteiger partial charge in [-0.15, -0.1) is 11.3 Å². The van der Waals surface area contributed by atoms with Crippen LogP contribution in [0.2, 0.25) is 0 Å². The van der Waals surface area contributed by atoms with Gasteiger partial charge in [0.25, 0.3) is 0 Å². The van der Waals surface area contributed by atoms with Crippen LogP contribution >= 0.6 is 27.3 Å². The van der Waals surface area contributed by atoms with Crippen LogP contribution in [0.15, 0.2) is 34.1 Å². The highest BCUT2D eigenvalue weighted by molar-refractivity contribution is 9.10. The van der Waals surface area contributed by atoms with Crippen LogP contribution in [0.4, 0.5) is 5.69 Å². The minimum Gasteiger partial charge on any atom is -0.325 e. The van der Waals surface area contributed by atoms with E-state index in [-0.39, 0.29) is 12.5 Å². The molecule has 0 aliphatic carbocycles. The van der Waals surface area contributed by atoms with Crippen LogP contribution in [0, 0.1) is 6.92 Å². The molecule has 0 atom stereocenters. The first-order chi connectivity index (χ1) is 9.13. The van der Waals surface area contributed by atoms with Gasteiger partial charge in [-0.25, -0.2) is 4.98 Å². The molecule has 2 rings (SSSR count). The minimum atomic E-state index is -0.0635. The summed E-state index contributed by atoms with van der Waals surface area (Å²) in [7, 11) is 0. The molecule has 6 heteroatoms. The van der Waals surface area contributed by atoms with Crippen molar-refractivity contribution in [3.63, 3.8) is 0 Å². The van der Waals surface area contributed by atoms with Crippen molar-refractivity contribution < 1.29 is 4.79 Å². The van der Waals surface area contributed by atoms with Gasteiger partial charge in [0.05, 0.1) is 6.54 Å². The van der Waals surface area contributed by atoms with E-state index in [2.05, 4.69) is 31.5 Å². The number of benzene rings is 1. The third kappa shape index (κ3) is 4.74. The van der Waals surface area contributed by atoms with Gasteiger partial charge in [-0.05, 0) is 25.1 Å². The average Bonchev–Trinajstić information content (AvgIpc) is 2.75. The van der Waals surface area contributed by atoms with E-state index >= 15 is 0 Å². The Bertz CT molecular complexity index is 571. The van der Waals surface area contributed by atoms with Gasteiger partial charge in [-0.3, -0.25) is 4.79 Å². The number of hydrogen-bond acceptors (Lipinski definition) is 4. The van der Waals surface area contributed by atoms with E-state index in [0.29, 0.717) is 6.54 Å². The fourth-order valence-electron chi connectivity index (χ4n) is 1.54. The lowest BCUT2D eigenvalue weighted by Gasteiger charge is -2.06. The summed E-state index contributed by atoms with van der Waals surface area (Å²) in [5.74, 6) is -0.0635. The first-order valence-electron chi connectivity index (χ1n) is 5.80. The summed E-state index contributed by atoms with van der Waals surface area (Å²) in [6.07, 6.45) is 0. The Labute approximate surface area is 124 Å². The Morgan fingerprint density at radius 1 is 1.47 bits per heavy atom. The van der Waals surface area contributed by atoms with Crippen molar-refractivity contribution in [3.05, 3.63) is 44.8 Å². The lowest BCUT2D eigenvalue weighted by atomic mass is 10.3. The third-order valence-corrected chi connectivity index (χ3v) is 3.80. The molecule has 0 radical (unpaired) electrons. The number of aryl methyl sites for hydroxylation is 1. The number of nitrogens with zero attached hydrogens (tertiary/aromatic N) is 1.